The number of aromatic nitrogens is 2. The Morgan fingerprint density at radius 1 is 1.24 bits per heavy atom. The van der Waals surface area contributed by atoms with Crippen molar-refractivity contribution in [3.8, 4) is 0 Å². The van der Waals surface area contributed by atoms with Gasteiger partial charge in [0.05, 0.1) is 9.92 Å². The van der Waals surface area contributed by atoms with Gasteiger partial charge in [0.15, 0.2) is 0 Å². The number of rotatable bonds is 4. The fraction of sp³-hybridized carbons (Fsp3) is 0.467. The molecular weight excluding hydrogens is 387 g/mol. The molecule has 0 bridgehead atoms. The van der Waals surface area contributed by atoms with Gasteiger partial charge < -0.3 is 4.90 Å². The number of anilines is 1. The quantitative estimate of drug-likeness (QED) is 0.783. The predicted octanol–water partition coefficient (Wildman–Crippen LogP) is 2.96. The molecule has 0 unspecified atom stereocenters. The highest BCUT2D eigenvalue weighted by atomic mass is 35.5. The van der Waals surface area contributed by atoms with E-state index in [4.69, 9.17) is 11.6 Å². The van der Waals surface area contributed by atoms with Crippen LogP contribution < -0.4 is 4.90 Å². The van der Waals surface area contributed by atoms with E-state index in [0.29, 0.717) is 26.2 Å². The van der Waals surface area contributed by atoms with E-state index in [0.717, 1.165) is 23.1 Å². The van der Waals surface area contributed by atoms with E-state index >= 15 is 0 Å². The first-order chi connectivity index (χ1) is 11.8. The smallest absolute Gasteiger partial charge is 0.243 e. The number of piperazine rings is 1. The van der Waals surface area contributed by atoms with Gasteiger partial charge in [0.1, 0.15) is 11.6 Å². The van der Waals surface area contributed by atoms with Gasteiger partial charge in [-0.15, -0.1) is 0 Å². The van der Waals surface area contributed by atoms with Gasteiger partial charge in [0.25, 0.3) is 0 Å². The maximum atomic E-state index is 13.3. The summed E-state index contributed by atoms with van der Waals surface area (Å²) < 4.78 is 44.4. The number of hydrogen-bond acceptors (Lipinski definition) is 6. The van der Waals surface area contributed by atoms with E-state index in [-0.39, 0.29) is 15.8 Å². The van der Waals surface area contributed by atoms with Gasteiger partial charge in [0.2, 0.25) is 15.2 Å². The molecule has 2 aromatic rings. The second kappa shape index (κ2) is 7.14. The minimum Gasteiger partial charge on any atom is -0.344 e. The van der Waals surface area contributed by atoms with Crippen LogP contribution in [-0.2, 0) is 10.0 Å². The summed E-state index contributed by atoms with van der Waals surface area (Å²) in [6, 6.07) is 3.46. The fourth-order valence-corrected chi connectivity index (χ4v) is 5.05. The van der Waals surface area contributed by atoms with Gasteiger partial charge in [-0.1, -0.05) is 25.4 Å². The van der Waals surface area contributed by atoms with Gasteiger partial charge in [-0.3, -0.25) is 0 Å². The van der Waals surface area contributed by atoms with Crippen LogP contribution in [0.15, 0.2) is 23.1 Å². The van der Waals surface area contributed by atoms with Gasteiger partial charge in [-0.2, -0.15) is 8.68 Å². The summed E-state index contributed by atoms with van der Waals surface area (Å²) >= 11 is 7.04. The maximum Gasteiger partial charge on any atom is 0.243 e. The van der Waals surface area contributed by atoms with E-state index in [1.54, 1.807) is 0 Å². The van der Waals surface area contributed by atoms with Crippen molar-refractivity contribution in [2.45, 2.75) is 24.7 Å². The highest BCUT2D eigenvalue weighted by molar-refractivity contribution is 7.89. The Labute approximate surface area is 155 Å². The molecule has 1 fully saturated rings. The molecule has 1 aliphatic rings. The average molecular weight is 405 g/mol. The number of benzene rings is 1. The first-order valence-corrected chi connectivity index (χ1v) is 10.4. The molecule has 0 saturated carbocycles. The molecule has 0 N–H and O–H groups in total. The molecule has 0 spiro atoms. The molecule has 1 aromatic carbocycles. The third kappa shape index (κ3) is 3.79. The van der Waals surface area contributed by atoms with Crippen LogP contribution in [0.5, 0.6) is 0 Å². The molecular formula is C15H18ClFN4O2S2. The van der Waals surface area contributed by atoms with Crippen LogP contribution in [0.4, 0.5) is 9.52 Å². The standard InChI is InChI=1S/C15H18ClFN4O2S2/c1-10(2)14-18-15(24-19-14)20-5-7-21(8-6-20)25(22,23)11-3-4-13(17)12(16)9-11/h3-4,9-10H,5-8H2,1-2H3. The first-order valence-electron chi connectivity index (χ1n) is 7.83. The van der Waals surface area contributed by atoms with Crippen molar-refractivity contribution < 1.29 is 12.8 Å². The van der Waals surface area contributed by atoms with Crippen LogP contribution in [0.1, 0.15) is 25.6 Å². The molecule has 6 nitrogen and oxygen atoms in total. The SMILES string of the molecule is CC(C)c1nsc(N2CCN(S(=O)(=O)c3ccc(F)c(Cl)c3)CC2)n1. The summed E-state index contributed by atoms with van der Waals surface area (Å²) in [6.45, 7) is 5.78. The van der Waals surface area contributed by atoms with Gasteiger partial charge >= 0.3 is 0 Å². The number of nitrogens with zero attached hydrogens (tertiary/aromatic N) is 4. The third-order valence-electron chi connectivity index (χ3n) is 3.99. The van der Waals surface area contributed by atoms with Crippen LogP contribution in [0.25, 0.3) is 0 Å². The van der Waals surface area contributed by atoms with Crippen molar-refractivity contribution in [2.24, 2.45) is 0 Å². The van der Waals surface area contributed by atoms with Crippen molar-refractivity contribution >= 4 is 38.3 Å². The fourth-order valence-electron chi connectivity index (χ4n) is 2.50. The Morgan fingerprint density at radius 3 is 2.48 bits per heavy atom. The highest BCUT2D eigenvalue weighted by Crippen LogP contribution is 2.26. The largest absolute Gasteiger partial charge is 0.344 e. The summed E-state index contributed by atoms with van der Waals surface area (Å²) in [6.07, 6.45) is 0. The molecule has 25 heavy (non-hydrogen) atoms. The normalized spacial score (nSPS) is 16.6. The predicted molar refractivity (Wildman–Crippen MR) is 96.4 cm³/mol. The third-order valence-corrected chi connectivity index (χ3v) is 6.96. The maximum absolute atomic E-state index is 13.3. The second-order valence-corrected chi connectivity index (χ2v) is 9.13. The molecule has 0 radical (unpaired) electrons. The molecule has 2 heterocycles. The van der Waals surface area contributed by atoms with Crippen LogP contribution >= 0.6 is 23.1 Å². The lowest BCUT2D eigenvalue weighted by molar-refractivity contribution is 0.384. The Morgan fingerprint density at radius 2 is 1.92 bits per heavy atom. The minimum absolute atomic E-state index is 0.00496. The van der Waals surface area contributed by atoms with E-state index in [9.17, 15) is 12.8 Å². The molecule has 1 aromatic heterocycles. The number of halogens is 2. The zero-order valence-corrected chi connectivity index (χ0v) is 16.2. The summed E-state index contributed by atoms with van der Waals surface area (Å²) in [7, 11) is -3.69. The van der Waals surface area contributed by atoms with Crippen molar-refractivity contribution in [3.05, 3.63) is 34.9 Å². The Kier molecular flexibility index (Phi) is 5.29. The van der Waals surface area contributed by atoms with Crippen molar-refractivity contribution in [3.63, 3.8) is 0 Å². The summed E-state index contributed by atoms with van der Waals surface area (Å²) in [5, 5.41) is 0.611. The summed E-state index contributed by atoms with van der Waals surface area (Å²) in [4.78, 5) is 6.55. The lowest BCUT2D eigenvalue weighted by atomic mass is 10.2. The zero-order chi connectivity index (χ0) is 18.2. The van der Waals surface area contributed by atoms with E-state index in [2.05, 4.69) is 9.36 Å². The van der Waals surface area contributed by atoms with E-state index < -0.39 is 15.8 Å². The van der Waals surface area contributed by atoms with Crippen molar-refractivity contribution in [1.82, 2.24) is 13.7 Å². The molecule has 0 atom stereocenters. The number of hydrogen-bond donors (Lipinski definition) is 0. The molecule has 3 rings (SSSR count). The summed E-state index contributed by atoms with van der Waals surface area (Å²) in [5.74, 6) is 0.425. The second-order valence-electron chi connectivity index (χ2n) is 6.06. The molecule has 0 aliphatic carbocycles. The minimum atomic E-state index is -3.69. The molecule has 0 amide bonds. The zero-order valence-electron chi connectivity index (χ0n) is 13.8. The van der Waals surface area contributed by atoms with Crippen LogP contribution in [0.3, 0.4) is 0 Å². The van der Waals surface area contributed by atoms with Crippen LogP contribution in [-0.4, -0.2) is 48.3 Å². The Bertz CT molecular complexity index is 864. The molecule has 1 saturated heterocycles. The van der Waals surface area contributed by atoms with Crippen LogP contribution in [0, 0.1) is 5.82 Å². The van der Waals surface area contributed by atoms with Gasteiger partial charge in [0, 0.05) is 43.6 Å². The molecule has 136 valence electrons. The lowest BCUT2D eigenvalue weighted by Gasteiger charge is -2.33. The Hall–Kier alpha value is -1.29. The first kappa shape index (κ1) is 18.5. The Balaban J connectivity index is 1.71. The van der Waals surface area contributed by atoms with E-state index in [1.807, 2.05) is 18.7 Å². The van der Waals surface area contributed by atoms with Gasteiger partial charge in [-0.05, 0) is 18.2 Å². The van der Waals surface area contributed by atoms with Crippen molar-refractivity contribution in [2.75, 3.05) is 31.1 Å². The van der Waals surface area contributed by atoms with Crippen molar-refractivity contribution in [1.29, 1.82) is 0 Å². The molecule has 10 heteroatoms. The number of sulfonamides is 1. The van der Waals surface area contributed by atoms with E-state index in [1.165, 1.54) is 21.9 Å². The van der Waals surface area contributed by atoms with Crippen LogP contribution in [0.2, 0.25) is 5.02 Å². The summed E-state index contributed by atoms with van der Waals surface area (Å²) in [5.41, 5.74) is 0. The highest BCUT2D eigenvalue weighted by Gasteiger charge is 2.30. The van der Waals surface area contributed by atoms with Gasteiger partial charge in [-0.25, -0.2) is 17.8 Å². The topological polar surface area (TPSA) is 66.4 Å². The molecule has 1 aliphatic heterocycles. The monoisotopic (exact) mass is 404 g/mol. The lowest BCUT2D eigenvalue weighted by Crippen LogP contribution is -2.48. The average Bonchev–Trinajstić information content (AvgIpc) is 3.08.